The number of ether oxygens (including phenoxy) is 2. The van der Waals surface area contributed by atoms with E-state index in [1.165, 1.54) is 14.2 Å². The van der Waals surface area contributed by atoms with Crippen LogP contribution in [0, 0.1) is 0 Å². The highest BCUT2D eigenvalue weighted by Crippen LogP contribution is 2.29. The number of rotatable bonds is 4. The summed E-state index contributed by atoms with van der Waals surface area (Å²) in [5.74, 6) is -0.561. The quantitative estimate of drug-likeness (QED) is 0.847. The third kappa shape index (κ3) is 2.24. The smallest absolute Gasteiger partial charge is 0.341 e. The highest BCUT2D eigenvalue weighted by atomic mass is 16.5. The first-order valence-electron chi connectivity index (χ1n) is 4.87. The van der Waals surface area contributed by atoms with Crippen LogP contribution in [0.1, 0.15) is 35.7 Å². The minimum atomic E-state index is -1.05. The Labute approximate surface area is 94.0 Å². The zero-order chi connectivity index (χ0) is 12.3. The van der Waals surface area contributed by atoms with Gasteiger partial charge in [0.25, 0.3) is 0 Å². The maximum absolute atomic E-state index is 11.1. The average molecular weight is 225 g/mol. The van der Waals surface area contributed by atoms with Crippen LogP contribution < -0.4 is 9.47 Å². The van der Waals surface area contributed by atoms with Crippen LogP contribution in [0.3, 0.4) is 0 Å². The van der Waals surface area contributed by atoms with E-state index in [2.05, 4.69) is 4.98 Å². The molecule has 1 rings (SSSR count). The number of carboxylic acid groups (broad SMARTS) is 1. The first-order chi connectivity index (χ1) is 7.51. The van der Waals surface area contributed by atoms with E-state index in [0.29, 0.717) is 11.4 Å². The SMILES string of the molecule is COc1cc(C(C)C)c(C(=O)O)c(OC)n1. The Kier molecular flexibility index (Phi) is 3.71. The van der Waals surface area contributed by atoms with E-state index >= 15 is 0 Å². The van der Waals surface area contributed by atoms with Gasteiger partial charge in [-0.15, -0.1) is 0 Å². The van der Waals surface area contributed by atoms with Gasteiger partial charge in [0.15, 0.2) is 0 Å². The lowest BCUT2D eigenvalue weighted by Crippen LogP contribution is -2.09. The maximum atomic E-state index is 11.1. The predicted octanol–water partition coefficient (Wildman–Crippen LogP) is 1.92. The van der Waals surface area contributed by atoms with Crippen molar-refractivity contribution in [2.75, 3.05) is 14.2 Å². The molecule has 0 saturated heterocycles. The van der Waals surface area contributed by atoms with Crippen LogP contribution in [0.15, 0.2) is 6.07 Å². The summed E-state index contributed by atoms with van der Waals surface area (Å²) >= 11 is 0. The molecule has 0 radical (unpaired) electrons. The largest absolute Gasteiger partial charge is 0.481 e. The summed E-state index contributed by atoms with van der Waals surface area (Å²) in [7, 11) is 2.87. The van der Waals surface area contributed by atoms with Crippen molar-refractivity contribution < 1.29 is 19.4 Å². The minimum absolute atomic E-state index is 0.0527. The van der Waals surface area contributed by atoms with Crippen molar-refractivity contribution in [2.45, 2.75) is 19.8 Å². The van der Waals surface area contributed by atoms with Crippen LogP contribution in [-0.2, 0) is 0 Å². The molecule has 1 N–H and O–H groups in total. The molecule has 5 heteroatoms. The van der Waals surface area contributed by atoms with Crippen molar-refractivity contribution in [3.8, 4) is 11.8 Å². The van der Waals surface area contributed by atoms with Crippen LogP contribution in [0.5, 0.6) is 11.8 Å². The lowest BCUT2D eigenvalue weighted by molar-refractivity contribution is 0.0690. The van der Waals surface area contributed by atoms with Crippen molar-refractivity contribution in [3.63, 3.8) is 0 Å². The summed E-state index contributed by atoms with van der Waals surface area (Å²) in [5.41, 5.74) is 0.745. The average Bonchev–Trinajstić information content (AvgIpc) is 2.26. The van der Waals surface area contributed by atoms with Crippen LogP contribution in [0.2, 0.25) is 0 Å². The molecule has 1 aromatic heterocycles. The molecule has 0 unspecified atom stereocenters. The van der Waals surface area contributed by atoms with Crippen molar-refractivity contribution in [2.24, 2.45) is 0 Å². The highest BCUT2D eigenvalue weighted by molar-refractivity contribution is 5.92. The fourth-order valence-corrected chi connectivity index (χ4v) is 1.44. The van der Waals surface area contributed by atoms with Crippen molar-refractivity contribution >= 4 is 5.97 Å². The topological polar surface area (TPSA) is 68.7 Å². The molecular weight excluding hydrogens is 210 g/mol. The number of carboxylic acids is 1. The molecule has 0 atom stereocenters. The Bertz CT molecular complexity index is 401. The van der Waals surface area contributed by atoms with Crippen LogP contribution >= 0.6 is 0 Å². The Balaban J connectivity index is 3.47. The molecule has 16 heavy (non-hydrogen) atoms. The zero-order valence-corrected chi connectivity index (χ0v) is 9.77. The van der Waals surface area contributed by atoms with Crippen molar-refractivity contribution in [3.05, 3.63) is 17.2 Å². The van der Waals surface area contributed by atoms with Gasteiger partial charge in [0, 0.05) is 6.07 Å². The third-order valence-corrected chi connectivity index (χ3v) is 2.23. The van der Waals surface area contributed by atoms with E-state index in [1.54, 1.807) is 6.07 Å². The number of methoxy groups -OCH3 is 2. The van der Waals surface area contributed by atoms with Crippen LogP contribution in [-0.4, -0.2) is 30.3 Å². The van der Waals surface area contributed by atoms with E-state index in [-0.39, 0.29) is 17.4 Å². The van der Waals surface area contributed by atoms with Gasteiger partial charge in [0.2, 0.25) is 11.8 Å². The van der Waals surface area contributed by atoms with Gasteiger partial charge in [-0.3, -0.25) is 0 Å². The first-order valence-corrected chi connectivity index (χ1v) is 4.87. The lowest BCUT2D eigenvalue weighted by atomic mass is 9.98. The van der Waals surface area contributed by atoms with Gasteiger partial charge in [0.1, 0.15) is 5.56 Å². The van der Waals surface area contributed by atoms with Gasteiger partial charge in [-0.25, -0.2) is 4.79 Å². The third-order valence-electron chi connectivity index (χ3n) is 2.23. The number of carbonyl (C=O) groups is 1. The van der Waals surface area contributed by atoms with Crippen molar-refractivity contribution in [1.82, 2.24) is 4.98 Å². The van der Waals surface area contributed by atoms with Crippen LogP contribution in [0.4, 0.5) is 0 Å². The molecule has 0 aliphatic heterocycles. The molecule has 88 valence electrons. The van der Waals surface area contributed by atoms with Crippen molar-refractivity contribution in [1.29, 1.82) is 0 Å². The summed E-state index contributed by atoms with van der Waals surface area (Å²) in [4.78, 5) is 15.1. The molecule has 0 aliphatic carbocycles. The number of aromatic carboxylic acids is 1. The van der Waals surface area contributed by atoms with E-state index < -0.39 is 5.97 Å². The fourth-order valence-electron chi connectivity index (χ4n) is 1.44. The first kappa shape index (κ1) is 12.3. The number of pyridine rings is 1. The zero-order valence-electron chi connectivity index (χ0n) is 9.77. The summed E-state index contributed by atoms with van der Waals surface area (Å²) in [6.07, 6.45) is 0. The van der Waals surface area contributed by atoms with Crippen LogP contribution in [0.25, 0.3) is 0 Å². The van der Waals surface area contributed by atoms with Gasteiger partial charge in [-0.1, -0.05) is 13.8 Å². The van der Waals surface area contributed by atoms with Gasteiger partial charge >= 0.3 is 5.97 Å². The number of hydrogen-bond donors (Lipinski definition) is 1. The number of nitrogens with zero attached hydrogens (tertiary/aromatic N) is 1. The van der Waals surface area contributed by atoms with E-state index in [1.807, 2.05) is 13.8 Å². The standard InChI is InChI=1S/C11H15NO4/c1-6(2)7-5-8(15-3)12-10(16-4)9(7)11(13)14/h5-6H,1-4H3,(H,13,14). The molecule has 1 aromatic rings. The Morgan fingerprint density at radius 3 is 2.38 bits per heavy atom. The normalized spacial score (nSPS) is 10.3. The Hall–Kier alpha value is -1.78. The second-order valence-electron chi connectivity index (χ2n) is 3.60. The molecule has 0 bridgehead atoms. The Morgan fingerprint density at radius 2 is 2.00 bits per heavy atom. The summed E-state index contributed by atoms with van der Waals surface area (Å²) in [6.45, 7) is 3.81. The minimum Gasteiger partial charge on any atom is -0.481 e. The molecule has 0 spiro atoms. The molecule has 0 amide bonds. The van der Waals surface area contributed by atoms with E-state index in [4.69, 9.17) is 14.6 Å². The summed E-state index contributed by atoms with van der Waals surface area (Å²) in [5, 5.41) is 9.13. The lowest BCUT2D eigenvalue weighted by Gasteiger charge is -2.14. The maximum Gasteiger partial charge on any atom is 0.341 e. The molecular formula is C11H15NO4. The monoisotopic (exact) mass is 225 g/mol. The van der Waals surface area contributed by atoms with E-state index in [0.717, 1.165) is 0 Å². The molecule has 0 fully saturated rings. The van der Waals surface area contributed by atoms with Gasteiger partial charge < -0.3 is 14.6 Å². The van der Waals surface area contributed by atoms with E-state index in [9.17, 15) is 4.79 Å². The fraction of sp³-hybridized carbons (Fsp3) is 0.455. The van der Waals surface area contributed by atoms with Gasteiger partial charge in [0.05, 0.1) is 14.2 Å². The summed E-state index contributed by atoms with van der Waals surface area (Å²) in [6, 6.07) is 1.62. The Morgan fingerprint density at radius 1 is 1.38 bits per heavy atom. The van der Waals surface area contributed by atoms with Gasteiger partial charge in [-0.05, 0) is 11.5 Å². The second kappa shape index (κ2) is 4.83. The molecule has 0 aliphatic rings. The predicted molar refractivity (Wildman–Crippen MR) is 58.4 cm³/mol. The highest BCUT2D eigenvalue weighted by Gasteiger charge is 2.21. The second-order valence-corrected chi connectivity index (χ2v) is 3.60. The molecule has 1 heterocycles. The molecule has 5 nitrogen and oxygen atoms in total. The number of hydrogen-bond acceptors (Lipinski definition) is 4. The molecule has 0 saturated carbocycles. The number of aromatic nitrogens is 1. The molecule has 0 aromatic carbocycles. The summed E-state index contributed by atoms with van der Waals surface area (Å²) < 4.78 is 9.97. The van der Waals surface area contributed by atoms with Gasteiger partial charge in [-0.2, -0.15) is 4.98 Å².